The van der Waals surface area contributed by atoms with Crippen molar-refractivity contribution in [3.63, 3.8) is 0 Å². The number of carbonyl (C=O) groups is 1. The Morgan fingerprint density at radius 2 is 2.09 bits per heavy atom. The normalized spacial score (nSPS) is 11.3. The van der Waals surface area contributed by atoms with Gasteiger partial charge in [-0.25, -0.2) is 0 Å². The lowest BCUT2D eigenvalue weighted by Gasteiger charge is -2.11. The van der Waals surface area contributed by atoms with E-state index in [1.165, 1.54) is 12.1 Å². The van der Waals surface area contributed by atoms with E-state index in [1.807, 2.05) is 0 Å². The zero-order chi connectivity index (χ0) is 16.4. The fourth-order valence-electron chi connectivity index (χ4n) is 1.55. The van der Waals surface area contributed by atoms with Crippen LogP contribution in [0.4, 0.5) is 13.2 Å². The second-order valence-electron chi connectivity index (χ2n) is 4.50. The maximum atomic E-state index is 12.1. The number of amides is 1. The van der Waals surface area contributed by atoms with Gasteiger partial charge in [-0.15, -0.1) is 0 Å². The van der Waals surface area contributed by atoms with Gasteiger partial charge in [-0.05, 0) is 17.7 Å². The number of rotatable bonds is 9. The minimum atomic E-state index is -4.38. The van der Waals surface area contributed by atoms with Gasteiger partial charge >= 0.3 is 6.18 Å². The first-order chi connectivity index (χ1) is 10.4. The van der Waals surface area contributed by atoms with E-state index in [4.69, 9.17) is 4.74 Å². The van der Waals surface area contributed by atoms with Crippen molar-refractivity contribution in [3.05, 3.63) is 29.8 Å². The van der Waals surface area contributed by atoms with Crippen molar-refractivity contribution in [1.82, 2.24) is 10.6 Å². The third-order valence-electron chi connectivity index (χ3n) is 2.56. The second-order valence-corrected chi connectivity index (χ2v) is 4.50. The Balaban J connectivity index is 2.35. The summed E-state index contributed by atoms with van der Waals surface area (Å²) in [5.74, 6) is -0.0972. The minimum absolute atomic E-state index is 0.113. The maximum absolute atomic E-state index is 12.1. The number of hydrogen-bond donors (Lipinski definition) is 2. The molecule has 2 N–H and O–H groups in total. The van der Waals surface area contributed by atoms with Gasteiger partial charge in [-0.2, -0.15) is 13.2 Å². The minimum Gasteiger partial charge on any atom is -0.484 e. The monoisotopic (exact) mass is 320 g/mol. The van der Waals surface area contributed by atoms with Crippen LogP contribution in [0.2, 0.25) is 0 Å². The van der Waals surface area contributed by atoms with Gasteiger partial charge in [0.25, 0.3) is 0 Å². The first-order valence-corrected chi connectivity index (χ1v) is 6.65. The van der Waals surface area contributed by atoms with Gasteiger partial charge in [0.15, 0.2) is 6.61 Å². The molecule has 0 fully saturated rings. The molecule has 0 saturated carbocycles. The van der Waals surface area contributed by atoms with Crippen LogP contribution in [-0.4, -0.2) is 45.5 Å². The molecule has 0 radical (unpaired) electrons. The highest BCUT2D eigenvalue weighted by Crippen LogP contribution is 2.19. The van der Waals surface area contributed by atoms with Crippen molar-refractivity contribution in [2.75, 3.05) is 33.4 Å². The van der Waals surface area contributed by atoms with E-state index >= 15 is 0 Å². The van der Waals surface area contributed by atoms with E-state index in [2.05, 4.69) is 15.4 Å². The summed E-state index contributed by atoms with van der Waals surface area (Å²) in [6.45, 7) is 0.0877. The molecule has 5 nitrogen and oxygen atoms in total. The molecule has 0 aromatic heterocycles. The molecule has 0 saturated heterocycles. The number of ether oxygens (including phenoxy) is 2. The summed E-state index contributed by atoms with van der Waals surface area (Å²) in [4.78, 5) is 11.5. The van der Waals surface area contributed by atoms with E-state index in [0.29, 0.717) is 18.7 Å². The molecule has 0 aliphatic carbocycles. The second kappa shape index (κ2) is 9.26. The van der Waals surface area contributed by atoms with Crippen molar-refractivity contribution in [2.24, 2.45) is 0 Å². The molecule has 22 heavy (non-hydrogen) atoms. The van der Waals surface area contributed by atoms with Gasteiger partial charge < -0.3 is 20.1 Å². The van der Waals surface area contributed by atoms with Crippen molar-refractivity contribution in [1.29, 1.82) is 0 Å². The number of halogens is 3. The molecule has 0 atom stereocenters. The number of hydrogen-bond acceptors (Lipinski definition) is 4. The lowest BCUT2D eigenvalue weighted by Crippen LogP contribution is -2.34. The Morgan fingerprint density at radius 3 is 2.77 bits per heavy atom. The highest BCUT2D eigenvalue weighted by molar-refractivity contribution is 5.77. The van der Waals surface area contributed by atoms with E-state index in [9.17, 15) is 18.0 Å². The van der Waals surface area contributed by atoms with Crippen LogP contribution in [-0.2, 0) is 16.1 Å². The van der Waals surface area contributed by atoms with E-state index in [0.717, 1.165) is 0 Å². The summed E-state index contributed by atoms with van der Waals surface area (Å²) in [5, 5.41) is 5.54. The summed E-state index contributed by atoms with van der Waals surface area (Å²) >= 11 is 0. The maximum Gasteiger partial charge on any atom is 0.422 e. The number of alkyl halides is 3. The third kappa shape index (κ3) is 8.48. The van der Waals surface area contributed by atoms with Gasteiger partial charge in [0.2, 0.25) is 5.91 Å². The summed E-state index contributed by atoms with van der Waals surface area (Å²) < 4.78 is 45.7. The molecule has 124 valence electrons. The van der Waals surface area contributed by atoms with Gasteiger partial charge in [-0.3, -0.25) is 4.79 Å². The topological polar surface area (TPSA) is 59.6 Å². The van der Waals surface area contributed by atoms with Crippen LogP contribution in [0.3, 0.4) is 0 Å². The molecule has 8 heteroatoms. The van der Waals surface area contributed by atoms with E-state index in [1.54, 1.807) is 19.2 Å². The Bertz CT molecular complexity index is 467. The predicted molar refractivity (Wildman–Crippen MR) is 74.6 cm³/mol. The van der Waals surface area contributed by atoms with Crippen LogP contribution in [0, 0.1) is 0 Å². The molecule has 0 unspecified atom stereocenters. The summed E-state index contributed by atoms with van der Waals surface area (Å²) in [6.07, 6.45) is -4.38. The summed E-state index contributed by atoms with van der Waals surface area (Å²) in [5.41, 5.74) is 0.657. The molecule has 0 aliphatic heterocycles. The number of benzene rings is 1. The first-order valence-electron chi connectivity index (χ1n) is 6.65. The van der Waals surface area contributed by atoms with Crippen LogP contribution in [0.15, 0.2) is 24.3 Å². The molecule has 1 amide bonds. The first kappa shape index (κ1) is 18.2. The largest absolute Gasteiger partial charge is 0.484 e. The molecule has 0 aliphatic rings. The fraction of sp³-hybridized carbons (Fsp3) is 0.500. The average Bonchev–Trinajstić information content (AvgIpc) is 2.47. The molecule has 1 aromatic carbocycles. The predicted octanol–water partition coefficient (Wildman–Crippen LogP) is 1.48. The lowest BCUT2D eigenvalue weighted by molar-refractivity contribution is -0.153. The standard InChI is InChI=1S/C14H19F3N2O3/c1-21-6-5-18-9-13(20)19-8-11-3-2-4-12(7-11)22-10-14(15,16)17/h2-4,7,18H,5-6,8-10H2,1H3,(H,19,20). The Hall–Kier alpha value is -1.80. The molecule has 0 bridgehead atoms. The molecule has 0 spiro atoms. The number of carbonyl (C=O) groups excluding carboxylic acids is 1. The highest BCUT2D eigenvalue weighted by Gasteiger charge is 2.28. The fourth-order valence-corrected chi connectivity index (χ4v) is 1.55. The van der Waals surface area contributed by atoms with Gasteiger partial charge in [-0.1, -0.05) is 12.1 Å². The van der Waals surface area contributed by atoms with Gasteiger partial charge in [0, 0.05) is 20.2 Å². The van der Waals surface area contributed by atoms with Crippen molar-refractivity contribution in [3.8, 4) is 5.75 Å². The van der Waals surface area contributed by atoms with Crippen molar-refractivity contribution in [2.45, 2.75) is 12.7 Å². The van der Waals surface area contributed by atoms with Crippen LogP contribution >= 0.6 is 0 Å². The quantitative estimate of drug-likeness (QED) is 0.677. The highest BCUT2D eigenvalue weighted by atomic mass is 19.4. The zero-order valence-corrected chi connectivity index (χ0v) is 12.2. The third-order valence-corrected chi connectivity index (χ3v) is 2.56. The molecular formula is C14H19F3N2O3. The van der Waals surface area contributed by atoms with Crippen LogP contribution in [0.25, 0.3) is 0 Å². The van der Waals surface area contributed by atoms with Crippen LogP contribution in [0.1, 0.15) is 5.56 Å². The van der Waals surface area contributed by atoms with Gasteiger partial charge in [0.05, 0.1) is 13.2 Å². The Morgan fingerprint density at radius 1 is 1.32 bits per heavy atom. The van der Waals surface area contributed by atoms with Gasteiger partial charge in [0.1, 0.15) is 5.75 Å². The summed E-state index contributed by atoms with van der Waals surface area (Å²) in [7, 11) is 1.57. The lowest BCUT2D eigenvalue weighted by atomic mass is 10.2. The molecular weight excluding hydrogens is 301 g/mol. The summed E-state index contributed by atoms with van der Waals surface area (Å²) in [6, 6.07) is 6.16. The van der Waals surface area contributed by atoms with Crippen LogP contribution < -0.4 is 15.4 Å². The van der Waals surface area contributed by atoms with E-state index in [-0.39, 0.29) is 24.7 Å². The molecule has 1 rings (SSSR count). The molecule has 0 heterocycles. The van der Waals surface area contributed by atoms with E-state index < -0.39 is 12.8 Å². The Labute approximate surface area is 126 Å². The zero-order valence-electron chi connectivity index (χ0n) is 12.2. The Kier molecular flexibility index (Phi) is 7.69. The SMILES string of the molecule is COCCNCC(=O)NCc1cccc(OCC(F)(F)F)c1. The van der Waals surface area contributed by atoms with Crippen LogP contribution in [0.5, 0.6) is 5.75 Å². The smallest absolute Gasteiger partial charge is 0.422 e. The number of methoxy groups -OCH3 is 1. The number of nitrogens with one attached hydrogen (secondary N) is 2. The molecule has 1 aromatic rings. The average molecular weight is 320 g/mol. The van der Waals surface area contributed by atoms with Crippen molar-refractivity contribution < 1.29 is 27.4 Å². The van der Waals surface area contributed by atoms with Crippen molar-refractivity contribution >= 4 is 5.91 Å².